The lowest BCUT2D eigenvalue weighted by molar-refractivity contribution is 0.463. The molecule has 21 heavy (non-hydrogen) atoms. The van der Waals surface area contributed by atoms with Crippen LogP contribution < -0.4 is 15.8 Å². The summed E-state index contributed by atoms with van der Waals surface area (Å²) >= 11 is 6.31. The highest BCUT2D eigenvalue weighted by Crippen LogP contribution is 2.22. The summed E-state index contributed by atoms with van der Waals surface area (Å²) in [5.41, 5.74) is 0.554. The second kappa shape index (κ2) is 7.27. The van der Waals surface area contributed by atoms with Crippen LogP contribution in [0.4, 0.5) is 5.69 Å². The van der Waals surface area contributed by atoms with E-state index in [1.54, 1.807) is 6.20 Å². The van der Waals surface area contributed by atoms with Crippen molar-refractivity contribution < 1.29 is 0 Å². The molecular formula is C15H25ClN4O. The van der Waals surface area contributed by atoms with Gasteiger partial charge in [0.05, 0.1) is 11.9 Å². The predicted molar refractivity (Wildman–Crippen MR) is 87.3 cm³/mol. The molecule has 0 amide bonds. The average molecular weight is 313 g/mol. The molecule has 1 aromatic heterocycles. The van der Waals surface area contributed by atoms with Gasteiger partial charge < -0.3 is 10.2 Å². The molecule has 0 radical (unpaired) electrons. The zero-order chi connectivity index (χ0) is 15.4. The van der Waals surface area contributed by atoms with Crippen LogP contribution in [0.1, 0.15) is 33.6 Å². The van der Waals surface area contributed by atoms with Gasteiger partial charge in [-0.15, -0.1) is 0 Å². The van der Waals surface area contributed by atoms with E-state index in [0.717, 1.165) is 25.3 Å². The van der Waals surface area contributed by atoms with E-state index in [9.17, 15) is 4.79 Å². The molecule has 1 unspecified atom stereocenters. The van der Waals surface area contributed by atoms with E-state index < -0.39 is 0 Å². The largest absolute Gasteiger partial charge is 0.368 e. The molecule has 1 N–H and O–H groups in total. The van der Waals surface area contributed by atoms with Crippen LogP contribution in [0.3, 0.4) is 0 Å². The van der Waals surface area contributed by atoms with Crippen molar-refractivity contribution in [2.24, 2.45) is 5.92 Å². The van der Waals surface area contributed by atoms with Gasteiger partial charge in [0.1, 0.15) is 5.02 Å². The predicted octanol–water partition coefficient (Wildman–Crippen LogP) is 2.13. The molecule has 0 aromatic carbocycles. The Bertz CT molecular complexity index is 523. The summed E-state index contributed by atoms with van der Waals surface area (Å²) in [6, 6.07) is 0.471. The van der Waals surface area contributed by atoms with Crippen LogP contribution >= 0.6 is 11.6 Å². The topological polar surface area (TPSA) is 50.2 Å². The normalized spacial score (nSPS) is 18.4. The average Bonchev–Trinajstić information content (AvgIpc) is 2.95. The molecule has 0 bridgehead atoms. The Labute approximate surface area is 131 Å². The van der Waals surface area contributed by atoms with E-state index in [-0.39, 0.29) is 10.6 Å². The zero-order valence-electron chi connectivity index (χ0n) is 13.1. The van der Waals surface area contributed by atoms with Crippen molar-refractivity contribution in [3.05, 3.63) is 21.6 Å². The van der Waals surface area contributed by atoms with Gasteiger partial charge in [-0.25, -0.2) is 4.68 Å². The van der Waals surface area contributed by atoms with Crippen molar-refractivity contribution in [1.29, 1.82) is 0 Å². The van der Waals surface area contributed by atoms with Gasteiger partial charge in [-0.2, -0.15) is 5.10 Å². The summed E-state index contributed by atoms with van der Waals surface area (Å²) in [5, 5.41) is 8.04. The lowest BCUT2D eigenvalue weighted by Gasteiger charge is -2.27. The highest BCUT2D eigenvalue weighted by molar-refractivity contribution is 6.33. The smallest absolute Gasteiger partial charge is 0.287 e. The summed E-state index contributed by atoms with van der Waals surface area (Å²) in [6.07, 6.45) is 4.11. The molecule has 1 saturated heterocycles. The van der Waals surface area contributed by atoms with Gasteiger partial charge >= 0.3 is 0 Å². The summed E-state index contributed by atoms with van der Waals surface area (Å²) < 4.78 is 1.46. The molecule has 1 aliphatic heterocycles. The van der Waals surface area contributed by atoms with Gasteiger partial charge in [0.25, 0.3) is 5.56 Å². The standard InChI is InChI=1S/C15H25ClN4O/c1-4-19(10-12-6-5-7-17-12)13-8-18-20(9-11(2)3)15(21)14(13)16/h8,11-12,17H,4-7,9-10H2,1-3H3. The lowest BCUT2D eigenvalue weighted by Crippen LogP contribution is -2.39. The number of aromatic nitrogens is 2. The number of halogens is 1. The van der Waals surface area contributed by atoms with Crippen LogP contribution in [0.5, 0.6) is 0 Å². The number of anilines is 1. The van der Waals surface area contributed by atoms with Crippen LogP contribution in [-0.2, 0) is 6.54 Å². The zero-order valence-corrected chi connectivity index (χ0v) is 13.9. The molecular weight excluding hydrogens is 288 g/mol. The van der Waals surface area contributed by atoms with E-state index in [1.165, 1.54) is 17.5 Å². The van der Waals surface area contributed by atoms with Gasteiger partial charge in [0.2, 0.25) is 0 Å². The van der Waals surface area contributed by atoms with E-state index in [0.29, 0.717) is 18.5 Å². The number of hydrogen-bond acceptors (Lipinski definition) is 4. The molecule has 5 nitrogen and oxygen atoms in total. The Morgan fingerprint density at radius 3 is 2.90 bits per heavy atom. The fraction of sp³-hybridized carbons (Fsp3) is 0.733. The molecule has 6 heteroatoms. The summed E-state index contributed by atoms with van der Waals surface area (Å²) in [6.45, 7) is 9.53. The second-order valence-corrected chi connectivity index (χ2v) is 6.43. The SMILES string of the molecule is CCN(CC1CCCN1)c1cnn(CC(C)C)c(=O)c1Cl. The van der Waals surface area contributed by atoms with Gasteiger partial charge in [-0.1, -0.05) is 25.4 Å². The molecule has 1 aromatic rings. The minimum Gasteiger partial charge on any atom is -0.368 e. The first-order chi connectivity index (χ1) is 10.0. The maximum atomic E-state index is 12.3. The third-order valence-corrected chi connectivity index (χ3v) is 4.19. The van der Waals surface area contributed by atoms with E-state index in [1.807, 2.05) is 0 Å². The van der Waals surface area contributed by atoms with Crippen molar-refractivity contribution in [3.63, 3.8) is 0 Å². The van der Waals surface area contributed by atoms with Crippen LogP contribution in [-0.4, -0.2) is 35.5 Å². The third kappa shape index (κ3) is 3.98. The monoisotopic (exact) mass is 312 g/mol. The second-order valence-electron chi connectivity index (χ2n) is 6.06. The van der Waals surface area contributed by atoms with Crippen LogP contribution in [0, 0.1) is 5.92 Å². The maximum Gasteiger partial charge on any atom is 0.287 e. The Morgan fingerprint density at radius 1 is 1.57 bits per heavy atom. The highest BCUT2D eigenvalue weighted by atomic mass is 35.5. The number of nitrogens with zero attached hydrogens (tertiary/aromatic N) is 3. The van der Waals surface area contributed by atoms with E-state index in [4.69, 9.17) is 11.6 Å². The lowest BCUT2D eigenvalue weighted by atomic mass is 10.2. The third-order valence-electron chi connectivity index (χ3n) is 3.83. The Kier molecular flexibility index (Phi) is 5.65. The Hall–Kier alpha value is -1.07. The fourth-order valence-corrected chi connectivity index (χ4v) is 2.99. The van der Waals surface area contributed by atoms with E-state index >= 15 is 0 Å². The first-order valence-corrected chi connectivity index (χ1v) is 8.14. The molecule has 118 valence electrons. The van der Waals surface area contributed by atoms with Gasteiger partial charge in [-0.3, -0.25) is 4.79 Å². The minimum atomic E-state index is -0.194. The molecule has 1 fully saturated rings. The summed E-state index contributed by atoms with van der Waals surface area (Å²) in [4.78, 5) is 14.4. The fourth-order valence-electron chi connectivity index (χ4n) is 2.73. The first kappa shape index (κ1) is 16.3. The van der Waals surface area contributed by atoms with Crippen molar-refractivity contribution in [1.82, 2.24) is 15.1 Å². The van der Waals surface area contributed by atoms with E-state index in [2.05, 4.69) is 36.1 Å². The van der Waals surface area contributed by atoms with Gasteiger partial charge in [-0.05, 0) is 32.2 Å². The summed E-state index contributed by atoms with van der Waals surface area (Å²) in [5.74, 6) is 0.363. The number of nitrogens with one attached hydrogen (secondary N) is 1. The van der Waals surface area contributed by atoms with Gasteiger partial charge in [0, 0.05) is 25.7 Å². The Balaban J connectivity index is 2.21. The number of hydrogen-bond donors (Lipinski definition) is 1. The molecule has 0 aliphatic carbocycles. The van der Waals surface area contributed by atoms with Crippen LogP contribution in [0.2, 0.25) is 5.02 Å². The summed E-state index contributed by atoms with van der Waals surface area (Å²) in [7, 11) is 0. The van der Waals surface area contributed by atoms with Crippen molar-refractivity contribution in [3.8, 4) is 0 Å². The van der Waals surface area contributed by atoms with Crippen LogP contribution in [0.15, 0.2) is 11.0 Å². The first-order valence-electron chi connectivity index (χ1n) is 7.76. The minimum absolute atomic E-state index is 0.194. The van der Waals surface area contributed by atoms with Crippen molar-refractivity contribution >= 4 is 17.3 Å². The molecule has 2 rings (SSSR count). The maximum absolute atomic E-state index is 12.3. The number of likely N-dealkylation sites (N-methyl/N-ethyl adjacent to an activating group) is 1. The van der Waals surface area contributed by atoms with Crippen LogP contribution in [0.25, 0.3) is 0 Å². The molecule has 2 heterocycles. The molecule has 1 atom stereocenters. The highest BCUT2D eigenvalue weighted by Gasteiger charge is 2.20. The van der Waals surface area contributed by atoms with Crippen molar-refractivity contribution in [2.45, 2.75) is 46.2 Å². The van der Waals surface area contributed by atoms with Gasteiger partial charge in [0.15, 0.2) is 0 Å². The number of rotatable bonds is 6. The Morgan fingerprint density at radius 2 is 2.33 bits per heavy atom. The molecule has 0 saturated carbocycles. The molecule has 0 spiro atoms. The molecule has 1 aliphatic rings. The van der Waals surface area contributed by atoms with Crippen molar-refractivity contribution in [2.75, 3.05) is 24.5 Å². The quantitative estimate of drug-likeness (QED) is 0.874.